The van der Waals surface area contributed by atoms with Gasteiger partial charge in [-0.1, -0.05) is 39.3 Å². The summed E-state index contributed by atoms with van der Waals surface area (Å²) in [4.78, 5) is 24.1. The molecule has 2 N–H and O–H groups in total. The maximum atomic E-state index is 12.3. The number of aliphatic hydroxyl groups excluding tert-OH is 2. The van der Waals surface area contributed by atoms with Gasteiger partial charge in [-0.25, -0.2) is 0 Å². The van der Waals surface area contributed by atoms with Crippen molar-refractivity contribution in [3.63, 3.8) is 0 Å². The summed E-state index contributed by atoms with van der Waals surface area (Å²) in [5, 5.41) is 20.5. The van der Waals surface area contributed by atoms with Crippen LogP contribution < -0.4 is 0 Å². The Morgan fingerprint density at radius 2 is 1.93 bits per heavy atom. The molecule has 0 spiro atoms. The monoisotopic (exact) mass is 374 g/mol. The van der Waals surface area contributed by atoms with E-state index in [1.807, 2.05) is 19.9 Å². The van der Waals surface area contributed by atoms with Crippen molar-refractivity contribution >= 4 is 11.6 Å². The molecule has 0 aromatic carbocycles. The first-order valence-corrected chi connectivity index (χ1v) is 10.6. The molecule has 27 heavy (non-hydrogen) atoms. The molecule has 0 aliphatic heterocycles. The average molecular weight is 375 g/mol. The number of aliphatic hydroxyl groups is 2. The molecule has 0 aromatic heterocycles. The molecule has 150 valence electrons. The Hall–Kier alpha value is -1.26. The molecule has 4 nitrogen and oxygen atoms in total. The van der Waals surface area contributed by atoms with Gasteiger partial charge in [0, 0.05) is 17.3 Å². The van der Waals surface area contributed by atoms with Crippen LogP contribution in [0.4, 0.5) is 0 Å². The topological polar surface area (TPSA) is 74.6 Å². The van der Waals surface area contributed by atoms with Gasteiger partial charge in [0.05, 0.1) is 6.10 Å². The zero-order valence-corrected chi connectivity index (χ0v) is 17.1. The summed E-state index contributed by atoms with van der Waals surface area (Å²) in [6.07, 6.45) is 9.25. The normalized spacial score (nSPS) is 45.0. The third-order valence-electron chi connectivity index (χ3n) is 8.04. The van der Waals surface area contributed by atoms with Crippen LogP contribution in [-0.4, -0.2) is 34.5 Å². The fraction of sp³-hybridized carbons (Fsp3) is 0.739. The van der Waals surface area contributed by atoms with Crippen molar-refractivity contribution in [1.29, 1.82) is 0 Å². The molecule has 3 fully saturated rings. The molecular formula is C23H34O4. The summed E-state index contributed by atoms with van der Waals surface area (Å²) in [6, 6.07) is 0. The van der Waals surface area contributed by atoms with E-state index in [0.717, 1.165) is 31.3 Å². The Morgan fingerprint density at radius 3 is 2.59 bits per heavy atom. The minimum atomic E-state index is -0.482. The van der Waals surface area contributed by atoms with Gasteiger partial charge in [-0.2, -0.15) is 0 Å². The third-order valence-corrected chi connectivity index (χ3v) is 8.04. The number of Topliss-reactive ketones (excluding diaryl/α,β-unsaturated/α-hetero) is 1. The Kier molecular flexibility index (Phi) is 5.53. The quantitative estimate of drug-likeness (QED) is 0.776. The first-order valence-electron chi connectivity index (χ1n) is 10.6. The van der Waals surface area contributed by atoms with Crippen LogP contribution in [0.2, 0.25) is 0 Å². The number of hydrogen-bond donors (Lipinski definition) is 2. The van der Waals surface area contributed by atoms with Crippen LogP contribution in [0.3, 0.4) is 0 Å². The van der Waals surface area contributed by atoms with Gasteiger partial charge >= 0.3 is 0 Å². The van der Waals surface area contributed by atoms with Gasteiger partial charge in [0.25, 0.3) is 0 Å². The summed E-state index contributed by atoms with van der Waals surface area (Å²) in [7, 11) is 0. The molecule has 0 aromatic rings. The number of allylic oxidation sites excluding steroid dienone is 4. The Morgan fingerprint density at radius 1 is 1.22 bits per heavy atom. The molecule has 3 saturated carbocycles. The summed E-state index contributed by atoms with van der Waals surface area (Å²) in [6.45, 7) is 7.92. The standard InChI is InChI=1S/C21H28O4.C2H6/c1-20-8-7-13(23)9-12(20)3-4-14-15-5-6-16(18(25)11-22)21(15,2)10-17(24)19(14)20;1-2/h7-9,14-17,19,22,24H,3-6,10-11H2,1-2H3;1-2H3. The van der Waals surface area contributed by atoms with Gasteiger partial charge in [-0.15, -0.1) is 0 Å². The molecule has 7 atom stereocenters. The molecule has 7 unspecified atom stereocenters. The molecule has 4 aliphatic rings. The van der Waals surface area contributed by atoms with Gasteiger partial charge in [-0.05, 0) is 61.5 Å². The van der Waals surface area contributed by atoms with Crippen molar-refractivity contribution in [1.82, 2.24) is 0 Å². The van der Waals surface area contributed by atoms with Crippen LogP contribution in [-0.2, 0) is 9.59 Å². The van der Waals surface area contributed by atoms with E-state index in [1.165, 1.54) is 0 Å². The predicted octanol–water partition coefficient (Wildman–Crippen LogP) is 3.47. The zero-order chi connectivity index (χ0) is 20.0. The van der Waals surface area contributed by atoms with Crippen LogP contribution in [0.5, 0.6) is 0 Å². The first kappa shape index (κ1) is 20.5. The van der Waals surface area contributed by atoms with Crippen LogP contribution in [0.15, 0.2) is 23.8 Å². The fourth-order valence-electron chi connectivity index (χ4n) is 6.96. The van der Waals surface area contributed by atoms with Gasteiger partial charge in [0.2, 0.25) is 0 Å². The van der Waals surface area contributed by atoms with E-state index in [9.17, 15) is 19.8 Å². The van der Waals surface area contributed by atoms with Gasteiger partial charge in [0.1, 0.15) is 6.61 Å². The Labute approximate surface area is 162 Å². The van der Waals surface area contributed by atoms with Gasteiger partial charge in [0.15, 0.2) is 11.6 Å². The van der Waals surface area contributed by atoms with Gasteiger partial charge in [-0.3, -0.25) is 9.59 Å². The first-order chi connectivity index (χ1) is 12.8. The van der Waals surface area contributed by atoms with Crippen LogP contribution in [0, 0.1) is 34.5 Å². The molecule has 4 aliphatic carbocycles. The number of rotatable bonds is 2. The number of ketones is 2. The molecule has 0 saturated heterocycles. The second-order valence-electron chi connectivity index (χ2n) is 9.05. The highest BCUT2D eigenvalue weighted by molar-refractivity contribution is 6.01. The molecule has 0 heterocycles. The van der Waals surface area contributed by atoms with Crippen molar-refractivity contribution in [2.75, 3.05) is 6.61 Å². The highest BCUT2D eigenvalue weighted by Crippen LogP contribution is 2.65. The minimum Gasteiger partial charge on any atom is -0.393 e. The Balaban J connectivity index is 0.00000102. The predicted molar refractivity (Wildman–Crippen MR) is 105 cm³/mol. The third kappa shape index (κ3) is 2.96. The van der Waals surface area contributed by atoms with Crippen molar-refractivity contribution in [3.8, 4) is 0 Å². The summed E-state index contributed by atoms with van der Waals surface area (Å²) in [5.74, 6) is 0.734. The lowest BCUT2D eigenvalue weighted by atomic mass is 9.46. The second kappa shape index (κ2) is 7.29. The lowest BCUT2D eigenvalue weighted by Crippen LogP contribution is -2.56. The second-order valence-corrected chi connectivity index (χ2v) is 9.05. The lowest BCUT2D eigenvalue weighted by molar-refractivity contribution is -0.141. The average Bonchev–Trinajstić information content (AvgIpc) is 2.99. The minimum absolute atomic E-state index is 0.0514. The van der Waals surface area contributed by atoms with E-state index in [2.05, 4.69) is 13.8 Å². The Bertz CT molecular complexity index is 678. The maximum Gasteiger partial charge on any atom is 0.178 e. The van der Waals surface area contributed by atoms with E-state index in [4.69, 9.17) is 0 Å². The summed E-state index contributed by atoms with van der Waals surface area (Å²) < 4.78 is 0. The number of carbonyl (C=O) groups excluding carboxylic acids is 2. The van der Waals surface area contributed by atoms with E-state index in [0.29, 0.717) is 18.3 Å². The number of carbonyl (C=O) groups is 2. The maximum absolute atomic E-state index is 12.3. The van der Waals surface area contributed by atoms with Crippen LogP contribution in [0.1, 0.15) is 59.8 Å². The zero-order valence-electron chi connectivity index (χ0n) is 17.1. The molecule has 4 rings (SSSR count). The number of hydrogen-bond acceptors (Lipinski definition) is 4. The van der Waals surface area contributed by atoms with Gasteiger partial charge < -0.3 is 10.2 Å². The van der Waals surface area contributed by atoms with E-state index in [1.54, 1.807) is 12.2 Å². The molecule has 0 bridgehead atoms. The van der Waals surface area contributed by atoms with E-state index in [-0.39, 0.29) is 34.2 Å². The largest absolute Gasteiger partial charge is 0.393 e. The fourth-order valence-corrected chi connectivity index (χ4v) is 6.96. The number of fused-ring (bicyclic) bond motifs is 5. The van der Waals surface area contributed by atoms with E-state index < -0.39 is 12.7 Å². The smallest absolute Gasteiger partial charge is 0.178 e. The van der Waals surface area contributed by atoms with Crippen molar-refractivity contribution < 1.29 is 19.8 Å². The lowest BCUT2D eigenvalue weighted by Gasteiger charge is -2.58. The highest BCUT2D eigenvalue weighted by atomic mass is 16.3. The summed E-state index contributed by atoms with van der Waals surface area (Å²) >= 11 is 0. The molecule has 4 heteroatoms. The SMILES string of the molecule is CC.CC12C=CC(=O)C=C1CCC1C2C(O)CC2(C)C(C(=O)CO)CCC12. The van der Waals surface area contributed by atoms with Crippen molar-refractivity contribution in [2.24, 2.45) is 34.5 Å². The summed E-state index contributed by atoms with van der Waals surface area (Å²) in [5.41, 5.74) is 0.688. The van der Waals surface area contributed by atoms with Crippen LogP contribution in [0.25, 0.3) is 0 Å². The molecular weight excluding hydrogens is 340 g/mol. The van der Waals surface area contributed by atoms with E-state index >= 15 is 0 Å². The van der Waals surface area contributed by atoms with Crippen molar-refractivity contribution in [3.05, 3.63) is 23.8 Å². The molecule has 0 amide bonds. The highest BCUT2D eigenvalue weighted by Gasteiger charge is 2.62. The van der Waals surface area contributed by atoms with Crippen LogP contribution >= 0.6 is 0 Å². The molecule has 0 radical (unpaired) electrons. The van der Waals surface area contributed by atoms with Crippen molar-refractivity contribution in [2.45, 2.75) is 65.9 Å².